The monoisotopic (exact) mass is 305 g/mol. The van der Waals surface area contributed by atoms with Crippen molar-refractivity contribution in [3.8, 4) is 0 Å². The fourth-order valence-corrected chi connectivity index (χ4v) is 2.62. The molecule has 2 aromatic rings. The number of carbonyl (C=O) groups is 1. The molecule has 118 valence electrons. The number of esters is 1. The van der Waals surface area contributed by atoms with E-state index in [-0.39, 0.29) is 6.61 Å². The SMILES string of the molecule is CCOC(=O)C1(O)CCN(c2ccc3nc(C)nn3n2)CC1. The molecule has 0 aliphatic carbocycles. The highest BCUT2D eigenvalue weighted by atomic mass is 16.5. The molecule has 0 unspecified atom stereocenters. The van der Waals surface area contributed by atoms with Gasteiger partial charge in [-0.1, -0.05) is 0 Å². The minimum atomic E-state index is -1.39. The topological polar surface area (TPSA) is 92.9 Å². The number of aromatic nitrogens is 4. The summed E-state index contributed by atoms with van der Waals surface area (Å²) in [5, 5.41) is 19.0. The van der Waals surface area contributed by atoms with E-state index in [2.05, 4.69) is 15.2 Å². The second kappa shape index (κ2) is 5.53. The van der Waals surface area contributed by atoms with Gasteiger partial charge in [0.2, 0.25) is 0 Å². The highest BCUT2D eigenvalue weighted by molar-refractivity contribution is 5.79. The van der Waals surface area contributed by atoms with Crippen LogP contribution in [0.3, 0.4) is 0 Å². The Morgan fingerprint density at radius 2 is 2.09 bits per heavy atom. The Labute approximate surface area is 127 Å². The van der Waals surface area contributed by atoms with Crippen LogP contribution in [-0.2, 0) is 9.53 Å². The number of hydrogen-bond acceptors (Lipinski definition) is 7. The zero-order chi connectivity index (χ0) is 15.7. The smallest absolute Gasteiger partial charge is 0.338 e. The van der Waals surface area contributed by atoms with E-state index in [1.54, 1.807) is 6.92 Å². The maximum Gasteiger partial charge on any atom is 0.338 e. The quantitative estimate of drug-likeness (QED) is 0.817. The highest BCUT2D eigenvalue weighted by Gasteiger charge is 2.41. The van der Waals surface area contributed by atoms with Crippen LogP contribution in [0.2, 0.25) is 0 Å². The van der Waals surface area contributed by atoms with Crippen LogP contribution in [0.15, 0.2) is 12.1 Å². The first-order chi connectivity index (χ1) is 10.5. The van der Waals surface area contributed by atoms with Crippen LogP contribution in [0.4, 0.5) is 5.82 Å². The zero-order valence-electron chi connectivity index (χ0n) is 12.7. The highest BCUT2D eigenvalue weighted by Crippen LogP contribution is 2.26. The van der Waals surface area contributed by atoms with E-state index in [9.17, 15) is 9.90 Å². The molecule has 0 bridgehead atoms. The minimum Gasteiger partial charge on any atom is -0.464 e. The Bertz CT molecular complexity index is 691. The van der Waals surface area contributed by atoms with E-state index >= 15 is 0 Å². The number of nitrogens with zero attached hydrogens (tertiary/aromatic N) is 5. The molecule has 0 amide bonds. The van der Waals surface area contributed by atoms with Crippen LogP contribution in [0, 0.1) is 6.92 Å². The van der Waals surface area contributed by atoms with Gasteiger partial charge in [0.25, 0.3) is 0 Å². The molecule has 0 aromatic carbocycles. The largest absolute Gasteiger partial charge is 0.464 e. The standard InChI is InChI=1S/C14H19N5O3/c1-3-22-13(20)14(21)6-8-18(9-7-14)12-5-4-11-15-10(2)16-19(11)17-12/h4-5,21H,3,6-9H2,1-2H3. The second-order valence-corrected chi connectivity index (χ2v) is 5.44. The third-order valence-corrected chi connectivity index (χ3v) is 3.87. The van der Waals surface area contributed by atoms with Gasteiger partial charge in [-0.2, -0.15) is 0 Å². The summed E-state index contributed by atoms with van der Waals surface area (Å²) in [6.45, 7) is 4.88. The predicted molar refractivity (Wildman–Crippen MR) is 78.5 cm³/mol. The number of rotatable bonds is 3. The maximum absolute atomic E-state index is 11.8. The van der Waals surface area contributed by atoms with Gasteiger partial charge in [0.15, 0.2) is 17.1 Å². The van der Waals surface area contributed by atoms with Crippen molar-refractivity contribution < 1.29 is 14.6 Å². The van der Waals surface area contributed by atoms with Gasteiger partial charge in [-0.25, -0.2) is 9.78 Å². The van der Waals surface area contributed by atoms with E-state index in [1.165, 1.54) is 4.63 Å². The summed E-state index contributed by atoms with van der Waals surface area (Å²) in [7, 11) is 0. The summed E-state index contributed by atoms with van der Waals surface area (Å²) in [6.07, 6.45) is 0.643. The van der Waals surface area contributed by atoms with E-state index in [0.717, 1.165) is 5.82 Å². The van der Waals surface area contributed by atoms with Gasteiger partial charge in [-0.15, -0.1) is 14.8 Å². The van der Waals surface area contributed by atoms with Crippen molar-refractivity contribution in [2.24, 2.45) is 0 Å². The number of aliphatic hydroxyl groups is 1. The van der Waals surface area contributed by atoms with E-state index in [0.29, 0.717) is 37.4 Å². The summed E-state index contributed by atoms with van der Waals surface area (Å²) < 4.78 is 6.44. The molecule has 0 atom stereocenters. The molecular weight excluding hydrogens is 286 g/mol. The average molecular weight is 305 g/mol. The van der Waals surface area contributed by atoms with E-state index in [1.807, 2.05) is 24.0 Å². The molecule has 1 aliphatic rings. The summed E-state index contributed by atoms with van der Waals surface area (Å²) in [5.74, 6) is 0.883. The molecule has 2 aromatic heterocycles. The van der Waals surface area contributed by atoms with Crippen LogP contribution < -0.4 is 4.90 Å². The normalized spacial score (nSPS) is 17.7. The number of piperidine rings is 1. The van der Waals surface area contributed by atoms with Crippen LogP contribution in [0.5, 0.6) is 0 Å². The molecule has 8 heteroatoms. The van der Waals surface area contributed by atoms with Crippen molar-refractivity contribution in [1.29, 1.82) is 0 Å². The van der Waals surface area contributed by atoms with Crippen LogP contribution in [-0.4, -0.2) is 56.2 Å². The average Bonchev–Trinajstić information content (AvgIpc) is 2.87. The third kappa shape index (κ3) is 2.61. The molecule has 1 fully saturated rings. The fourth-order valence-electron chi connectivity index (χ4n) is 2.62. The molecule has 22 heavy (non-hydrogen) atoms. The Hall–Kier alpha value is -2.22. The van der Waals surface area contributed by atoms with Crippen LogP contribution in [0.25, 0.3) is 5.65 Å². The molecule has 1 aliphatic heterocycles. The Balaban J connectivity index is 1.73. The van der Waals surface area contributed by atoms with Crippen molar-refractivity contribution in [2.45, 2.75) is 32.3 Å². The number of carbonyl (C=O) groups excluding carboxylic acids is 1. The summed E-state index contributed by atoms with van der Waals surface area (Å²) in [6, 6.07) is 3.73. The van der Waals surface area contributed by atoms with Gasteiger partial charge >= 0.3 is 5.97 Å². The molecule has 1 N–H and O–H groups in total. The van der Waals surface area contributed by atoms with Crippen molar-refractivity contribution in [2.75, 3.05) is 24.6 Å². The van der Waals surface area contributed by atoms with Gasteiger partial charge in [0, 0.05) is 25.9 Å². The van der Waals surface area contributed by atoms with Crippen LogP contribution >= 0.6 is 0 Å². The summed E-state index contributed by atoms with van der Waals surface area (Å²) >= 11 is 0. The maximum atomic E-state index is 11.8. The number of aryl methyl sites for hydroxylation is 1. The zero-order valence-corrected chi connectivity index (χ0v) is 12.7. The third-order valence-electron chi connectivity index (χ3n) is 3.87. The number of anilines is 1. The van der Waals surface area contributed by atoms with E-state index in [4.69, 9.17) is 4.74 Å². The molecule has 3 rings (SSSR count). The fraction of sp³-hybridized carbons (Fsp3) is 0.571. The lowest BCUT2D eigenvalue weighted by molar-refractivity contribution is -0.167. The van der Waals surface area contributed by atoms with Gasteiger partial charge in [-0.05, 0) is 26.0 Å². The lowest BCUT2D eigenvalue weighted by Crippen LogP contribution is -2.50. The van der Waals surface area contributed by atoms with Crippen molar-refractivity contribution in [3.05, 3.63) is 18.0 Å². The first-order valence-corrected chi connectivity index (χ1v) is 7.37. The van der Waals surface area contributed by atoms with Gasteiger partial charge < -0.3 is 14.7 Å². The van der Waals surface area contributed by atoms with Crippen molar-refractivity contribution in [1.82, 2.24) is 19.8 Å². The first kappa shape index (κ1) is 14.7. The number of hydrogen-bond donors (Lipinski definition) is 1. The molecule has 3 heterocycles. The second-order valence-electron chi connectivity index (χ2n) is 5.44. The molecule has 0 saturated carbocycles. The van der Waals surface area contributed by atoms with Crippen molar-refractivity contribution in [3.63, 3.8) is 0 Å². The molecule has 0 spiro atoms. The molecular formula is C14H19N5O3. The van der Waals surface area contributed by atoms with E-state index < -0.39 is 11.6 Å². The van der Waals surface area contributed by atoms with Gasteiger partial charge in [-0.3, -0.25) is 0 Å². The minimum absolute atomic E-state index is 0.273. The summed E-state index contributed by atoms with van der Waals surface area (Å²) in [4.78, 5) is 18.1. The molecule has 0 radical (unpaired) electrons. The first-order valence-electron chi connectivity index (χ1n) is 7.37. The Kier molecular flexibility index (Phi) is 3.69. The number of ether oxygens (including phenoxy) is 1. The Morgan fingerprint density at radius 1 is 1.36 bits per heavy atom. The van der Waals surface area contributed by atoms with Crippen LogP contribution in [0.1, 0.15) is 25.6 Å². The molecule has 1 saturated heterocycles. The summed E-state index contributed by atoms with van der Waals surface area (Å²) in [5.41, 5.74) is -0.693. The Morgan fingerprint density at radius 3 is 2.77 bits per heavy atom. The lowest BCUT2D eigenvalue weighted by atomic mass is 9.91. The van der Waals surface area contributed by atoms with Gasteiger partial charge in [0.05, 0.1) is 6.61 Å². The van der Waals surface area contributed by atoms with Crippen molar-refractivity contribution >= 4 is 17.4 Å². The predicted octanol–water partition coefficient (Wildman–Crippen LogP) is 0.327. The lowest BCUT2D eigenvalue weighted by Gasteiger charge is -2.36. The molecule has 8 nitrogen and oxygen atoms in total. The van der Waals surface area contributed by atoms with Gasteiger partial charge in [0.1, 0.15) is 5.82 Å². The number of fused-ring (bicyclic) bond motifs is 1.